The van der Waals surface area contributed by atoms with Crippen molar-refractivity contribution in [2.75, 3.05) is 48.2 Å². The average molecular weight is 843 g/mol. The predicted octanol–water partition coefficient (Wildman–Crippen LogP) is 11.5. The van der Waals surface area contributed by atoms with Crippen LogP contribution in [0.5, 0.6) is 11.5 Å². The molecule has 5 aromatic carbocycles. The number of amides is 1. The Morgan fingerprint density at radius 3 is 1.70 bits per heavy atom. The van der Waals surface area contributed by atoms with Crippen LogP contribution in [0.4, 0.5) is 22.7 Å². The summed E-state index contributed by atoms with van der Waals surface area (Å²) < 4.78 is 11.2. The Kier molecular flexibility index (Phi) is 11.6. The van der Waals surface area contributed by atoms with Crippen LogP contribution in [0.15, 0.2) is 115 Å². The number of piperidine rings is 2. The van der Waals surface area contributed by atoms with Gasteiger partial charge in [0.25, 0.3) is 0 Å². The first kappa shape index (κ1) is 41.6. The normalized spacial score (nSPS) is 26.4. The highest BCUT2D eigenvalue weighted by atomic mass is 16.5. The number of nitrogens with zero attached hydrogens (tertiary/aromatic N) is 2. The zero-order valence-corrected chi connectivity index (χ0v) is 37.5. The minimum atomic E-state index is 0.0907. The smallest absolute Gasteiger partial charge is 0.224 e. The Morgan fingerprint density at radius 1 is 0.651 bits per heavy atom. The monoisotopic (exact) mass is 843 g/mol. The Bertz CT molecular complexity index is 2380. The molecule has 63 heavy (non-hydrogen) atoms. The number of nitrogen functional groups attached to an aromatic ring is 1. The molecule has 0 aromatic heterocycles. The lowest BCUT2D eigenvalue weighted by atomic mass is 9.52. The highest BCUT2D eigenvalue weighted by Crippen LogP contribution is 2.58. The third kappa shape index (κ3) is 7.84. The molecule has 11 rings (SSSR count). The third-order valence-corrected chi connectivity index (χ3v) is 16.5. The summed E-state index contributed by atoms with van der Waals surface area (Å²) in [5.41, 5.74) is 18.4. The van der Waals surface area contributed by atoms with E-state index in [1.54, 1.807) is 25.3 Å². The number of carbonyl (C=O) groups excluding carboxylic acids is 1. The minimum Gasteiger partial charge on any atom is -0.497 e. The molecule has 2 saturated carbocycles. The number of ether oxygens (including phenoxy) is 2. The fourth-order valence-electron chi connectivity index (χ4n) is 13.6. The number of hydrogen-bond donors (Lipinski definition) is 2. The van der Waals surface area contributed by atoms with Crippen molar-refractivity contribution in [3.05, 3.63) is 143 Å². The molecule has 2 saturated heterocycles. The topological polar surface area (TPSA) is 80.1 Å². The van der Waals surface area contributed by atoms with Crippen molar-refractivity contribution in [1.82, 2.24) is 0 Å². The second-order valence-electron chi connectivity index (χ2n) is 19.5. The largest absolute Gasteiger partial charge is 0.497 e. The van der Waals surface area contributed by atoms with Gasteiger partial charge < -0.3 is 30.3 Å². The number of rotatable bonds is 9. The molecule has 4 fully saturated rings. The molecule has 0 radical (unpaired) electrons. The van der Waals surface area contributed by atoms with Crippen LogP contribution < -0.4 is 30.3 Å². The summed E-state index contributed by atoms with van der Waals surface area (Å²) in [5, 5.41) is 3.10. The average Bonchev–Trinajstić information content (AvgIpc) is 3.32. The quantitative estimate of drug-likeness (QED) is 0.144. The molecule has 4 aliphatic carbocycles. The van der Waals surface area contributed by atoms with Crippen molar-refractivity contribution < 1.29 is 14.3 Å². The van der Waals surface area contributed by atoms with Gasteiger partial charge in [-0.1, -0.05) is 68.1 Å². The summed E-state index contributed by atoms with van der Waals surface area (Å²) in [4.78, 5) is 17.8. The molecule has 3 N–H and O–H groups in total. The highest BCUT2D eigenvalue weighted by Gasteiger charge is 2.55. The Balaban J connectivity index is 0.000000159. The maximum absolute atomic E-state index is 12.5. The fourth-order valence-corrected chi connectivity index (χ4v) is 13.6. The molecule has 0 spiro atoms. The molecule has 4 bridgehead atoms. The van der Waals surface area contributed by atoms with Gasteiger partial charge in [0.2, 0.25) is 5.91 Å². The van der Waals surface area contributed by atoms with Crippen molar-refractivity contribution in [1.29, 1.82) is 0 Å². The molecule has 6 aliphatic rings. The summed E-state index contributed by atoms with van der Waals surface area (Å²) in [5.74, 6) is 3.55. The van der Waals surface area contributed by atoms with Crippen molar-refractivity contribution in [2.24, 2.45) is 11.8 Å². The SMILES string of the molecule is COc1ccc2c(c1)[C@]13CCCC[C@@H]1[C@H](C2)N(c1ccc(N)cc1)CC3.COc1ccc2c(c1)[C@]13CCCC[C@@H]1[C@H](C2)N(c1ccc(NC(=O)CCCc2ccccc2)cc1)CC3. The number of carbonyl (C=O) groups is 1. The number of benzene rings is 5. The Hall–Kier alpha value is -5.43. The van der Waals surface area contributed by atoms with Gasteiger partial charge in [0.1, 0.15) is 11.5 Å². The number of methoxy groups -OCH3 is 2. The van der Waals surface area contributed by atoms with Gasteiger partial charge in [-0.05, 0) is 177 Å². The van der Waals surface area contributed by atoms with Crippen LogP contribution in [0.25, 0.3) is 0 Å². The van der Waals surface area contributed by atoms with E-state index >= 15 is 0 Å². The molecule has 2 aliphatic heterocycles. The minimum absolute atomic E-state index is 0.0907. The second kappa shape index (κ2) is 17.6. The van der Waals surface area contributed by atoms with E-state index in [2.05, 4.69) is 112 Å². The maximum atomic E-state index is 12.5. The van der Waals surface area contributed by atoms with E-state index in [9.17, 15) is 4.79 Å². The van der Waals surface area contributed by atoms with Crippen LogP contribution in [0, 0.1) is 11.8 Å². The van der Waals surface area contributed by atoms with E-state index in [0.717, 1.165) is 67.6 Å². The summed E-state index contributed by atoms with van der Waals surface area (Å²) in [6.45, 7) is 2.23. The fraction of sp³-hybridized carbons (Fsp3) is 0.446. The van der Waals surface area contributed by atoms with Crippen LogP contribution >= 0.6 is 0 Å². The van der Waals surface area contributed by atoms with Gasteiger partial charge in [-0.2, -0.15) is 0 Å². The molecule has 5 aromatic rings. The van der Waals surface area contributed by atoms with E-state index in [4.69, 9.17) is 15.2 Å². The summed E-state index contributed by atoms with van der Waals surface area (Å²) in [7, 11) is 3.57. The van der Waals surface area contributed by atoms with Crippen molar-refractivity contribution in [3.63, 3.8) is 0 Å². The molecule has 328 valence electrons. The summed E-state index contributed by atoms with van der Waals surface area (Å²) in [6.07, 6.45) is 17.8. The standard InChI is InChI=1S/C33H38N2O2.C23H28N2O/c1-37-28-18-13-25-22-31-29-11-5-6-19-33(29,30(25)23-28)20-21-35(31)27-16-14-26(15-17-27)34-32(36)12-7-10-24-8-3-2-4-9-24;1-26-19-10-5-16-14-22-20-4-2-3-11-23(20,21(16)15-19)12-13-25(22)18-8-6-17(24)7-9-18/h2-4,8-9,13-18,23,29,31H,5-7,10-12,19-22H2,1H3,(H,34,36);5-10,15,20,22H,2-4,11-14,24H2,1H3/t29-,31+,33+;20-,22+,23+/m11/s1. The van der Waals surface area contributed by atoms with Gasteiger partial charge in [-0.3, -0.25) is 4.79 Å². The molecule has 0 unspecified atom stereocenters. The molecule has 7 heteroatoms. The molecular weight excluding hydrogens is 777 g/mol. The van der Waals surface area contributed by atoms with E-state index in [1.165, 1.54) is 92.3 Å². The van der Waals surface area contributed by atoms with Crippen LogP contribution in [-0.2, 0) is 34.9 Å². The first-order valence-corrected chi connectivity index (χ1v) is 24.0. The number of fused-ring (bicyclic) bond motifs is 2. The maximum Gasteiger partial charge on any atom is 0.224 e. The zero-order valence-electron chi connectivity index (χ0n) is 37.5. The molecular formula is C56H66N4O3. The van der Waals surface area contributed by atoms with Gasteiger partial charge in [0.05, 0.1) is 14.2 Å². The van der Waals surface area contributed by atoms with Gasteiger partial charge >= 0.3 is 0 Å². The van der Waals surface area contributed by atoms with Gasteiger partial charge in [-0.15, -0.1) is 0 Å². The lowest BCUT2D eigenvalue weighted by molar-refractivity contribution is -0.116. The first-order chi connectivity index (χ1) is 30.9. The van der Waals surface area contributed by atoms with Gasteiger partial charge in [0.15, 0.2) is 0 Å². The number of nitrogens with one attached hydrogen (secondary N) is 1. The van der Waals surface area contributed by atoms with E-state index < -0.39 is 0 Å². The van der Waals surface area contributed by atoms with E-state index in [1.807, 2.05) is 18.2 Å². The van der Waals surface area contributed by atoms with Crippen molar-refractivity contribution in [3.8, 4) is 11.5 Å². The Labute approximate surface area is 375 Å². The van der Waals surface area contributed by atoms with E-state index in [0.29, 0.717) is 35.3 Å². The number of aryl methyl sites for hydroxylation is 1. The molecule has 2 heterocycles. The van der Waals surface area contributed by atoms with Gasteiger partial charge in [-0.25, -0.2) is 0 Å². The number of nitrogens with two attached hydrogens (primary N) is 1. The molecule has 1 amide bonds. The lowest BCUT2D eigenvalue weighted by Crippen LogP contribution is -2.61. The summed E-state index contributed by atoms with van der Waals surface area (Å²) >= 11 is 0. The van der Waals surface area contributed by atoms with Crippen LogP contribution in [0.3, 0.4) is 0 Å². The number of anilines is 4. The third-order valence-electron chi connectivity index (χ3n) is 16.5. The highest BCUT2D eigenvalue weighted by molar-refractivity contribution is 5.90. The number of hydrogen-bond acceptors (Lipinski definition) is 6. The predicted molar refractivity (Wildman–Crippen MR) is 257 cm³/mol. The lowest BCUT2D eigenvalue weighted by Gasteiger charge is -2.59. The molecule has 7 nitrogen and oxygen atoms in total. The Morgan fingerprint density at radius 2 is 1.17 bits per heavy atom. The van der Waals surface area contributed by atoms with Crippen molar-refractivity contribution in [2.45, 2.75) is 119 Å². The summed E-state index contributed by atoms with van der Waals surface area (Å²) in [6, 6.07) is 42.2. The molecule has 6 atom stereocenters. The zero-order chi connectivity index (χ0) is 43.0. The van der Waals surface area contributed by atoms with E-state index in [-0.39, 0.29) is 5.91 Å². The van der Waals surface area contributed by atoms with Crippen LogP contribution in [0.1, 0.15) is 105 Å². The first-order valence-electron chi connectivity index (χ1n) is 24.0. The van der Waals surface area contributed by atoms with Gasteiger partial charge in [0, 0.05) is 65.2 Å². The van der Waals surface area contributed by atoms with Crippen LogP contribution in [0.2, 0.25) is 0 Å². The second-order valence-corrected chi connectivity index (χ2v) is 19.5. The van der Waals surface area contributed by atoms with Crippen LogP contribution in [-0.4, -0.2) is 45.3 Å². The van der Waals surface area contributed by atoms with Crippen molar-refractivity contribution >= 4 is 28.7 Å².